The van der Waals surface area contributed by atoms with E-state index < -0.39 is 15.9 Å². The van der Waals surface area contributed by atoms with Crippen molar-refractivity contribution in [3.05, 3.63) is 64.2 Å². The van der Waals surface area contributed by atoms with Crippen LogP contribution in [-0.4, -0.2) is 76.1 Å². The molecule has 2 heterocycles. The molecule has 8 nitrogen and oxygen atoms in total. The number of ether oxygens (including phenoxy) is 2. The van der Waals surface area contributed by atoms with E-state index in [1.165, 1.54) is 28.1 Å². The van der Waals surface area contributed by atoms with E-state index in [0.717, 1.165) is 38.4 Å². The van der Waals surface area contributed by atoms with Crippen molar-refractivity contribution in [3.8, 4) is 0 Å². The Morgan fingerprint density at radius 2 is 1.61 bits per heavy atom. The van der Waals surface area contributed by atoms with Gasteiger partial charge in [-0.25, -0.2) is 8.42 Å². The van der Waals surface area contributed by atoms with Crippen molar-refractivity contribution in [2.24, 2.45) is 0 Å². The monoisotopic (exact) mass is 493 g/mol. The predicted octanol–water partition coefficient (Wildman–Crippen LogP) is 2.12. The highest BCUT2D eigenvalue weighted by Gasteiger charge is 2.27. The first-order valence-electron chi connectivity index (χ1n) is 11.0. The van der Waals surface area contributed by atoms with Crippen LogP contribution in [0.3, 0.4) is 0 Å². The maximum absolute atomic E-state index is 12.9. The summed E-state index contributed by atoms with van der Waals surface area (Å²) in [5, 5.41) is 3.06. The normalized spacial score (nSPS) is 18.2. The first-order chi connectivity index (χ1) is 15.9. The summed E-state index contributed by atoms with van der Waals surface area (Å²) in [6.45, 7) is 5.72. The first-order valence-corrected chi connectivity index (χ1v) is 12.8. The maximum atomic E-state index is 12.9. The molecule has 2 saturated heterocycles. The van der Waals surface area contributed by atoms with Crippen LogP contribution >= 0.6 is 11.6 Å². The fourth-order valence-corrected chi connectivity index (χ4v) is 5.55. The molecule has 2 aliphatic rings. The van der Waals surface area contributed by atoms with Gasteiger partial charge in [-0.1, -0.05) is 35.9 Å². The average Bonchev–Trinajstić information content (AvgIpc) is 2.84. The quantitative estimate of drug-likeness (QED) is 0.635. The number of morpholine rings is 2. The number of carbonyl (C=O) groups is 1. The van der Waals surface area contributed by atoms with E-state index in [1.807, 2.05) is 12.1 Å². The fraction of sp³-hybridized carbons (Fsp3) is 0.435. The molecule has 0 spiro atoms. The molecule has 2 aliphatic heterocycles. The van der Waals surface area contributed by atoms with E-state index in [0.29, 0.717) is 19.8 Å². The second kappa shape index (κ2) is 10.9. The van der Waals surface area contributed by atoms with Crippen LogP contribution in [0.4, 0.5) is 0 Å². The topological polar surface area (TPSA) is 88.2 Å². The Bertz CT molecular complexity index is 1080. The summed E-state index contributed by atoms with van der Waals surface area (Å²) in [4.78, 5) is 15.2. The minimum absolute atomic E-state index is 0.0476. The van der Waals surface area contributed by atoms with Gasteiger partial charge in [-0.05, 0) is 29.3 Å². The molecule has 2 aromatic rings. The molecule has 0 atom stereocenters. The SMILES string of the molecule is O=C(NCc1cccc(CN2CCOCC2)c1)c1cc(S(=O)(=O)N2CCOCC2)ccc1Cl. The van der Waals surface area contributed by atoms with Crippen LogP contribution in [-0.2, 0) is 32.6 Å². The van der Waals surface area contributed by atoms with Gasteiger partial charge in [-0.2, -0.15) is 4.31 Å². The van der Waals surface area contributed by atoms with Gasteiger partial charge in [-0.15, -0.1) is 0 Å². The highest BCUT2D eigenvalue weighted by Crippen LogP contribution is 2.24. The lowest BCUT2D eigenvalue weighted by Crippen LogP contribution is -2.40. The Morgan fingerprint density at radius 1 is 0.939 bits per heavy atom. The van der Waals surface area contributed by atoms with Crippen molar-refractivity contribution in [2.45, 2.75) is 18.0 Å². The number of carbonyl (C=O) groups excluding carboxylic acids is 1. The van der Waals surface area contributed by atoms with Gasteiger partial charge in [0.1, 0.15) is 0 Å². The molecule has 4 rings (SSSR count). The molecule has 33 heavy (non-hydrogen) atoms. The van der Waals surface area contributed by atoms with Crippen LogP contribution in [0.25, 0.3) is 0 Å². The number of amides is 1. The third-order valence-electron chi connectivity index (χ3n) is 5.74. The van der Waals surface area contributed by atoms with Gasteiger partial charge in [-0.3, -0.25) is 9.69 Å². The van der Waals surface area contributed by atoms with Gasteiger partial charge in [0.05, 0.1) is 41.9 Å². The van der Waals surface area contributed by atoms with Crippen molar-refractivity contribution in [1.82, 2.24) is 14.5 Å². The van der Waals surface area contributed by atoms with Crippen LogP contribution in [0.15, 0.2) is 47.4 Å². The van der Waals surface area contributed by atoms with Crippen LogP contribution in [0.1, 0.15) is 21.5 Å². The van der Waals surface area contributed by atoms with Gasteiger partial charge in [0.15, 0.2) is 0 Å². The summed E-state index contributed by atoms with van der Waals surface area (Å²) < 4.78 is 37.9. The molecule has 2 aromatic carbocycles. The number of benzene rings is 2. The van der Waals surface area contributed by atoms with E-state index in [9.17, 15) is 13.2 Å². The number of halogens is 1. The van der Waals surface area contributed by atoms with E-state index in [-0.39, 0.29) is 28.6 Å². The number of rotatable bonds is 7. The second-order valence-electron chi connectivity index (χ2n) is 8.05. The molecule has 0 aromatic heterocycles. The zero-order valence-electron chi connectivity index (χ0n) is 18.3. The molecule has 10 heteroatoms. The predicted molar refractivity (Wildman–Crippen MR) is 125 cm³/mol. The molecular weight excluding hydrogens is 466 g/mol. The van der Waals surface area contributed by atoms with Gasteiger partial charge in [0, 0.05) is 39.3 Å². The van der Waals surface area contributed by atoms with Crippen molar-refractivity contribution in [1.29, 1.82) is 0 Å². The molecule has 0 unspecified atom stereocenters. The smallest absolute Gasteiger partial charge is 0.253 e. The average molecular weight is 494 g/mol. The molecule has 0 saturated carbocycles. The number of hydrogen-bond acceptors (Lipinski definition) is 6. The van der Waals surface area contributed by atoms with Crippen LogP contribution in [0, 0.1) is 0 Å². The van der Waals surface area contributed by atoms with E-state index in [1.54, 1.807) is 0 Å². The zero-order chi connectivity index (χ0) is 23.3. The second-order valence-corrected chi connectivity index (χ2v) is 10.4. The largest absolute Gasteiger partial charge is 0.379 e. The summed E-state index contributed by atoms with van der Waals surface area (Å²) in [6, 6.07) is 12.3. The molecule has 2 fully saturated rings. The third-order valence-corrected chi connectivity index (χ3v) is 7.97. The number of nitrogens with one attached hydrogen (secondary N) is 1. The van der Waals surface area contributed by atoms with Crippen LogP contribution in [0.2, 0.25) is 5.02 Å². The van der Waals surface area contributed by atoms with Gasteiger partial charge >= 0.3 is 0 Å². The van der Waals surface area contributed by atoms with Crippen LogP contribution < -0.4 is 5.32 Å². The Morgan fingerprint density at radius 3 is 2.33 bits per heavy atom. The number of sulfonamides is 1. The van der Waals surface area contributed by atoms with Crippen molar-refractivity contribution < 1.29 is 22.7 Å². The Hall–Kier alpha value is -2.01. The lowest BCUT2D eigenvalue weighted by atomic mass is 10.1. The van der Waals surface area contributed by atoms with Crippen molar-refractivity contribution in [3.63, 3.8) is 0 Å². The van der Waals surface area contributed by atoms with E-state index >= 15 is 0 Å². The standard InChI is InChI=1S/C23H28ClN3O5S/c24-22-5-4-20(33(29,30)27-8-12-32-13-9-27)15-21(22)23(28)25-16-18-2-1-3-19(14-18)17-26-6-10-31-11-7-26/h1-5,14-15H,6-13,16-17H2,(H,25,28). The summed E-state index contributed by atoms with van der Waals surface area (Å²) in [5.74, 6) is -0.419. The van der Waals surface area contributed by atoms with Gasteiger partial charge in [0.2, 0.25) is 10.0 Å². The Balaban J connectivity index is 1.42. The molecular formula is C23H28ClN3O5S. The Labute approximate surface area is 199 Å². The lowest BCUT2D eigenvalue weighted by molar-refractivity contribution is 0.0342. The minimum atomic E-state index is -3.72. The summed E-state index contributed by atoms with van der Waals surface area (Å²) >= 11 is 6.24. The summed E-state index contributed by atoms with van der Waals surface area (Å²) in [5.41, 5.74) is 2.26. The summed E-state index contributed by atoms with van der Waals surface area (Å²) in [7, 11) is -3.72. The molecule has 1 N–H and O–H groups in total. The zero-order valence-corrected chi connectivity index (χ0v) is 19.9. The molecule has 0 radical (unpaired) electrons. The lowest BCUT2D eigenvalue weighted by Gasteiger charge is -2.26. The third kappa shape index (κ3) is 6.11. The Kier molecular flexibility index (Phi) is 8.00. The highest BCUT2D eigenvalue weighted by atomic mass is 35.5. The molecule has 1 amide bonds. The highest BCUT2D eigenvalue weighted by molar-refractivity contribution is 7.89. The summed E-state index contributed by atoms with van der Waals surface area (Å²) in [6.07, 6.45) is 0. The molecule has 0 aliphatic carbocycles. The minimum Gasteiger partial charge on any atom is -0.379 e. The maximum Gasteiger partial charge on any atom is 0.253 e. The molecule has 178 valence electrons. The van der Waals surface area contributed by atoms with Gasteiger partial charge < -0.3 is 14.8 Å². The van der Waals surface area contributed by atoms with E-state index in [2.05, 4.69) is 22.3 Å². The van der Waals surface area contributed by atoms with Crippen molar-refractivity contribution in [2.75, 3.05) is 52.6 Å². The van der Waals surface area contributed by atoms with E-state index in [4.69, 9.17) is 21.1 Å². The van der Waals surface area contributed by atoms with Crippen LogP contribution in [0.5, 0.6) is 0 Å². The first kappa shape index (κ1) is 24.1. The number of hydrogen-bond donors (Lipinski definition) is 1. The van der Waals surface area contributed by atoms with Crippen molar-refractivity contribution >= 4 is 27.5 Å². The molecule has 0 bridgehead atoms. The van der Waals surface area contributed by atoms with Gasteiger partial charge in [0.25, 0.3) is 5.91 Å². The fourth-order valence-electron chi connectivity index (χ4n) is 3.91. The number of nitrogens with zero attached hydrogens (tertiary/aromatic N) is 2.